The molecule has 0 aliphatic heterocycles. The van der Waals surface area contributed by atoms with Crippen molar-refractivity contribution in [3.8, 4) is 17.3 Å². The van der Waals surface area contributed by atoms with E-state index in [0.717, 1.165) is 12.1 Å². The van der Waals surface area contributed by atoms with Crippen LogP contribution in [0, 0.1) is 11.6 Å². The predicted octanol–water partition coefficient (Wildman–Crippen LogP) is 5.79. The molecule has 0 fully saturated rings. The Balaban J connectivity index is 1.39. The molecule has 0 aliphatic rings. The van der Waals surface area contributed by atoms with Crippen LogP contribution < -0.4 is 10.1 Å². The number of anilines is 1. The molecule has 0 aliphatic carbocycles. The maximum atomic E-state index is 14.4. The summed E-state index contributed by atoms with van der Waals surface area (Å²) in [5.74, 6) is -1.15. The fraction of sp³-hybridized carbons (Fsp3) is 0. The first-order chi connectivity index (χ1) is 16.5. The summed E-state index contributed by atoms with van der Waals surface area (Å²) in [4.78, 5) is 25.3. The fourth-order valence-corrected chi connectivity index (χ4v) is 3.31. The lowest BCUT2D eigenvalue weighted by Gasteiger charge is -2.11. The standard InChI is InChI=1S/C24H14ClF2N5O2/c25-17-4-1-14(9-19(17)27)24(33)30-15-2-5-18(26)22(10-15)34-16-3-6-20-21(11-16)31-23(12-29-20)32-8-7-28-13-32/h1-13H,(H,30,33). The number of benzene rings is 3. The molecular weight excluding hydrogens is 464 g/mol. The number of halogens is 3. The molecule has 3 aromatic carbocycles. The SMILES string of the molecule is O=C(Nc1ccc(F)c(Oc2ccc3ncc(-n4ccnc4)nc3c2)c1)c1ccc(Cl)c(F)c1. The van der Waals surface area contributed by atoms with Gasteiger partial charge in [-0.15, -0.1) is 0 Å². The normalized spacial score (nSPS) is 10.9. The second-order valence-electron chi connectivity index (χ2n) is 7.18. The third-order valence-corrected chi connectivity index (χ3v) is 5.18. The van der Waals surface area contributed by atoms with Gasteiger partial charge >= 0.3 is 0 Å². The highest BCUT2D eigenvalue weighted by Crippen LogP contribution is 2.29. The van der Waals surface area contributed by atoms with Gasteiger partial charge in [0.05, 0.1) is 22.3 Å². The molecule has 0 atom stereocenters. The fourth-order valence-electron chi connectivity index (χ4n) is 3.19. The van der Waals surface area contributed by atoms with Crippen LogP contribution in [0.4, 0.5) is 14.5 Å². The summed E-state index contributed by atoms with van der Waals surface area (Å²) in [5, 5.41) is 2.49. The number of hydrogen-bond acceptors (Lipinski definition) is 5. The molecule has 34 heavy (non-hydrogen) atoms. The molecule has 2 aromatic heterocycles. The van der Waals surface area contributed by atoms with Gasteiger partial charge in [-0.05, 0) is 42.5 Å². The monoisotopic (exact) mass is 477 g/mol. The Labute approximate surface area is 196 Å². The highest BCUT2D eigenvalue weighted by atomic mass is 35.5. The second kappa shape index (κ2) is 8.87. The minimum Gasteiger partial charge on any atom is -0.454 e. The van der Waals surface area contributed by atoms with Crippen LogP contribution in [-0.4, -0.2) is 25.4 Å². The average molecular weight is 478 g/mol. The largest absolute Gasteiger partial charge is 0.454 e. The number of nitrogens with zero attached hydrogens (tertiary/aromatic N) is 4. The summed E-state index contributed by atoms with van der Waals surface area (Å²) in [6, 6.07) is 12.5. The van der Waals surface area contributed by atoms with Crippen molar-refractivity contribution in [2.75, 3.05) is 5.32 Å². The van der Waals surface area contributed by atoms with Crippen molar-refractivity contribution in [1.29, 1.82) is 0 Å². The van der Waals surface area contributed by atoms with Crippen LogP contribution >= 0.6 is 11.6 Å². The van der Waals surface area contributed by atoms with Crippen LogP contribution in [0.5, 0.6) is 11.5 Å². The summed E-state index contributed by atoms with van der Waals surface area (Å²) in [7, 11) is 0. The molecule has 7 nitrogen and oxygen atoms in total. The molecule has 0 saturated carbocycles. The third kappa shape index (κ3) is 4.41. The van der Waals surface area contributed by atoms with Crippen molar-refractivity contribution < 1.29 is 18.3 Å². The molecule has 10 heteroatoms. The third-order valence-electron chi connectivity index (χ3n) is 4.87. The van der Waals surface area contributed by atoms with E-state index < -0.39 is 17.5 Å². The lowest BCUT2D eigenvalue weighted by molar-refractivity contribution is 0.102. The second-order valence-corrected chi connectivity index (χ2v) is 7.59. The number of aromatic nitrogens is 4. The number of carbonyl (C=O) groups is 1. The number of nitrogens with one attached hydrogen (secondary N) is 1. The average Bonchev–Trinajstić information content (AvgIpc) is 3.37. The van der Waals surface area contributed by atoms with E-state index in [0.29, 0.717) is 22.6 Å². The minimum atomic E-state index is -0.715. The first-order valence-electron chi connectivity index (χ1n) is 9.95. The summed E-state index contributed by atoms with van der Waals surface area (Å²) in [5.41, 5.74) is 1.50. The van der Waals surface area contributed by atoms with Gasteiger partial charge < -0.3 is 10.1 Å². The van der Waals surface area contributed by atoms with Crippen molar-refractivity contribution in [2.45, 2.75) is 0 Å². The van der Waals surface area contributed by atoms with Gasteiger partial charge in [0.1, 0.15) is 17.9 Å². The quantitative estimate of drug-likeness (QED) is 0.346. The van der Waals surface area contributed by atoms with E-state index in [1.807, 2.05) is 0 Å². The number of ether oxygens (including phenoxy) is 1. The maximum absolute atomic E-state index is 14.4. The van der Waals surface area contributed by atoms with Crippen LogP contribution in [0.1, 0.15) is 10.4 Å². The van der Waals surface area contributed by atoms with Crippen molar-refractivity contribution >= 4 is 34.2 Å². The van der Waals surface area contributed by atoms with Crippen molar-refractivity contribution in [3.05, 3.63) is 102 Å². The molecule has 168 valence electrons. The Morgan fingerprint density at radius 2 is 1.88 bits per heavy atom. The first-order valence-corrected chi connectivity index (χ1v) is 10.3. The van der Waals surface area contributed by atoms with Crippen molar-refractivity contribution in [2.24, 2.45) is 0 Å². The number of amides is 1. The highest BCUT2D eigenvalue weighted by molar-refractivity contribution is 6.30. The van der Waals surface area contributed by atoms with E-state index >= 15 is 0 Å². The van der Waals surface area contributed by atoms with E-state index in [4.69, 9.17) is 16.3 Å². The maximum Gasteiger partial charge on any atom is 0.255 e. The summed E-state index contributed by atoms with van der Waals surface area (Å²) >= 11 is 5.65. The highest BCUT2D eigenvalue weighted by Gasteiger charge is 2.13. The van der Waals surface area contributed by atoms with Gasteiger partial charge in [0.2, 0.25) is 0 Å². The molecule has 0 bridgehead atoms. The zero-order chi connectivity index (χ0) is 23.7. The van der Waals surface area contributed by atoms with Gasteiger partial charge in [-0.3, -0.25) is 14.3 Å². The molecule has 0 saturated heterocycles. The Morgan fingerprint density at radius 1 is 1.00 bits per heavy atom. The zero-order valence-corrected chi connectivity index (χ0v) is 18.0. The topological polar surface area (TPSA) is 81.9 Å². The Bertz CT molecular complexity index is 1530. The molecule has 0 unspecified atom stereocenters. The minimum absolute atomic E-state index is 0.0653. The summed E-state index contributed by atoms with van der Waals surface area (Å²) in [6.07, 6.45) is 6.58. The lowest BCUT2D eigenvalue weighted by Crippen LogP contribution is -2.12. The molecule has 0 spiro atoms. The number of carbonyl (C=O) groups excluding carboxylic acids is 1. The van der Waals surface area contributed by atoms with E-state index in [1.54, 1.807) is 47.7 Å². The first kappa shape index (κ1) is 21.5. The molecule has 5 rings (SSSR count). The van der Waals surface area contributed by atoms with Gasteiger partial charge in [0, 0.05) is 35.8 Å². The molecular formula is C24H14ClF2N5O2. The lowest BCUT2D eigenvalue weighted by atomic mass is 10.2. The predicted molar refractivity (Wildman–Crippen MR) is 122 cm³/mol. The number of hydrogen-bond donors (Lipinski definition) is 1. The van der Waals surface area contributed by atoms with Crippen LogP contribution in [-0.2, 0) is 0 Å². The van der Waals surface area contributed by atoms with Gasteiger partial charge in [0.25, 0.3) is 5.91 Å². The summed E-state index contributed by atoms with van der Waals surface area (Å²) in [6.45, 7) is 0. The van der Waals surface area contributed by atoms with E-state index in [-0.39, 0.29) is 22.0 Å². The van der Waals surface area contributed by atoms with Gasteiger partial charge in [-0.2, -0.15) is 0 Å². The molecule has 1 amide bonds. The van der Waals surface area contributed by atoms with Gasteiger partial charge in [-0.1, -0.05) is 11.6 Å². The zero-order valence-electron chi connectivity index (χ0n) is 17.2. The van der Waals surface area contributed by atoms with Crippen LogP contribution in [0.2, 0.25) is 5.02 Å². The molecule has 5 aromatic rings. The van der Waals surface area contributed by atoms with Crippen LogP contribution in [0.3, 0.4) is 0 Å². The van der Waals surface area contributed by atoms with Crippen LogP contribution in [0.25, 0.3) is 16.9 Å². The van der Waals surface area contributed by atoms with Crippen molar-refractivity contribution in [1.82, 2.24) is 19.5 Å². The van der Waals surface area contributed by atoms with E-state index in [9.17, 15) is 13.6 Å². The smallest absolute Gasteiger partial charge is 0.255 e. The van der Waals surface area contributed by atoms with E-state index in [1.165, 1.54) is 24.3 Å². The van der Waals surface area contributed by atoms with Gasteiger partial charge in [-0.25, -0.2) is 18.7 Å². The molecule has 2 heterocycles. The summed E-state index contributed by atoms with van der Waals surface area (Å²) < 4.78 is 35.5. The Morgan fingerprint density at radius 3 is 2.68 bits per heavy atom. The van der Waals surface area contributed by atoms with E-state index in [2.05, 4.69) is 20.3 Å². The van der Waals surface area contributed by atoms with Gasteiger partial charge in [0.15, 0.2) is 17.4 Å². The molecule has 1 N–H and O–H groups in total. The molecule has 0 radical (unpaired) electrons. The Kier molecular flexibility index (Phi) is 5.60. The van der Waals surface area contributed by atoms with Crippen molar-refractivity contribution in [3.63, 3.8) is 0 Å². The number of fused-ring (bicyclic) bond motifs is 1. The van der Waals surface area contributed by atoms with Crippen LogP contribution in [0.15, 0.2) is 79.5 Å². The Hall–Kier alpha value is -4.37. The number of rotatable bonds is 5. The number of imidazole rings is 1.